The quantitative estimate of drug-likeness (QED) is 0.224. The average molecular weight is 512 g/mol. The fraction of sp³-hybridized carbons (Fsp3) is 0.429. The minimum absolute atomic E-state index is 0.0660. The van der Waals surface area contributed by atoms with E-state index in [0.717, 1.165) is 17.5 Å². The Bertz CT molecular complexity index is 1070. The first kappa shape index (κ1) is 29.5. The van der Waals surface area contributed by atoms with Crippen LogP contribution in [0.5, 0.6) is 0 Å². The Balaban J connectivity index is 2.17. The van der Waals surface area contributed by atoms with Crippen LogP contribution in [0.25, 0.3) is 11.1 Å². The first-order valence-electron chi connectivity index (χ1n) is 12.6. The van der Waals surface area contributed by atoms with E-state index in [1.54, 1.807) is 41.9 Å². The number of unbranched alkanes of at least 4 members (excludes halogenated alkanes) is 1. The van der Waals surface area contributed by atoms with Crippen molar-refractivity contribution in [1.82, 2.24) is 15.7 Å². The van der Waals surface area contributed by atoms with Crippen molar-refractivity contribution in [3.63, 3.8) is 0 Å². The molecule has 4 N–H and O–H groups in total. The maximum Gasteiger partial charge on any atom is 0.336 e. The lowest BCUT2D eigenvalue weighted by Crippen LogP contribution is -2.45. The second kappa shape index (κ2) is 14.7. The van der Waals surface area contributed by atoms with Gasteiger partial charge in [-0.1, -0.05) is 69.7 Å². The summed E-state index contributed by atoms with van der Waals surface area (Å²) in [4.78, 5) is 50.5. The number of rotatable bonds is 14. The van der Waals surface area contributed by atoms with E-state index in [4.69, 9.17) is 5.21 Å². The molecular formula is C28H37N3O6. The number of benzene rings is 2. The first-order chi connectivity index (χ1) is 17.6. The van der Waals surface area contributed by atoms with Gasteiger partial charge in [-0.15, -0.1) is 0 Å². The van der Waals surface area contributed by atoms with E-state index in [0.29, 0.717) is 24.8 Å². The van der Waals surface area contributed by atoms with Gasteiger partial charge >= 0.3 is 5.97 Å². The molecule has 3 amide bonds. The fourth-order valence-electron chi connectivity index (χ4n) is 4.13. The molecule has 0 bridgehead atoms. The number of amides is 3. The van der Waals surface area contributed by atoms with Crippen molar-refractivity contribution in [3.8, 4) is 11.1 Å². The van der Waals surface area contributed by atoms with Crippen LogP contribution in [-0.4, -0.2) is 51.5 Å². The Hall–Kier alpha value is -3.72. The number of carboxylic acid groups (broad SMARTS) is 1. The largest absolute Gasteiger partial charge is 0.478 e. The molecule has 0 heterocycles. The molecule has 2 aromatic rings. The lowest BCUT2D eigenvalue weighted by molar-refractivity contribution is -0.137. The van der Waals surface area contributed by atoms with Gasteiger partial charge < -0.3 is 15.3 Å². The van der Waals surface area contributed by atoms with Gasteiger partial charge in [-0.2, -0.15) is 0 Å². The molecule has 1 atom stereocenters. The SMILES string of the molecule is CCCCC(=O)N(CC(=O)NC(CC(=O)NO)CC(C)C)Cc1ccc(-c2ccccc2C(=O)O)cc1. The number of carbonyl (C=O) groups excluding carboxylic acids is 3. The van der Waals surface area contributed by atoms with Crippen LogP contribution in [0.2, 0.25) is 0 Å². The molecule has 9 nitrogen and oxygen atoms in total. The molecule has 9 heteroatoms. The number of hydrogen-bond acceptors (Lipinski definition) is 5. The average Bonchev–Trinajstić information content (AvgIpc) is 2.86. The van der Waals surface area contributed by atoms with E-state index in [2.05, 4.69) is 5.32 Å². The number of carbonyl (C=O) groups is 4. The smallest absolute Gasteiger partial charge is 0.336 e. The lowest BCUT2D eigenvalue weighted by atomic mass is 9.98. The number of hydrogen-bond donors (Lipinski definition) is 4. The Morgan fingerprint density at radius 1 is 0.973 bits per heavy atom. The summed E-state index contributed by atoms with van der Waals surface area (Å²) < 4.78 is 0. The highest BCUT2D eigenvalue weighted by Crippen LogP contribution is 2.24. The molecule has 0 aliphatic rings. The Morgan fingerprint density at radius 2 is 1.65 bits per heavy atom. The summed E-state index contributed by atoms with van der Waals surface area (Å²) >= 11 is 0. The van der Waals surface area contributed by atoms with E-state index in [9.17, 15) is 24.3 Å². The van der Waals surface area contributed by atoms with Crippen molar-refractivity contribution < 1.29 is 29.5 Å². The molecule has 2 aromatic carbocycles. The molecule has 1 unspecified atom stereocenters. The van der Waals surface area contributed by atoms with Crippen molar-refractivity contribution in [2.24, 2.45) is 5.92 Å². The molecule has 0 spiro atoms. The second-order valence-corrected chi connectivity index (χ2v) is 9.53. The molecule has 0 aliphatic heterocycles. The van der Waals surface area contributed by atoms with Crippen LogP contribution in [0.15, 0.2) is 48.5 Å². The molecule has 2 rings (SSSR count). The molecule has 0 saturated carbocycles. The van der Waals surface area contributed by atoms with Crippen LogP contribution in [0.3, 0.4) is 0 Å². The molecule has 0 aliphatic carbocycles. The standard InChI is InChI=1S/C28H37N3O6/c1-4-5-10-27(34)31(18-26(33)29-22(15-19(2)3)16-25(32)30-37)17-20-11-13-21(14-12-20)23-8-6-7-9-24(23)28(35)36/h6-9,11-14,19,22,37H,4-5,10,15-18H2,1-3H3,(H,29,33)(H,30,32)(H,35,36). The fourth-order valence-corrected chi connectivity index (χ4v) is 4.13. The lowest BCUT2D eigenvalue weighted by Gasteiger charge is -2.25. The highest BCUT2D eigenvalue weighted by molar-refractivity contribution is 5.96. The molecule has 37 heavy (non-hydrogen) atoms. The number of carboxylic acids is 1. The summed E-state index contributed by atoms with van der Waals surface area (Å²) in [6.45, 7) is 5.97. The second-order valence-electron chi connectivity index (χ2n) is 9.53. The van der Waals surface area contributed by atoms with Gasteiger partial charge in [0.1, 0.15) is 0 Å². The molecule has 0 saturated heterocycles. The maximum atomic E-state index is 12.9. The Labute approximate surface area is 217 Å². The number of nitrogens with zero attached hydrogens (tertiary/aromatic N) is 1. The van der Waals surface area contributed by atoms with E-state index in [1.807, 2.05) is 32.9 Å². The molecule has 200 valence electrons. The summed E-state index contributed by atoms with van der Waals surface area (Å²) in [7, 11) is 0. The summed E-state index contributed by atoms with van der Waals surface area (Å²) in [6, 6.07) is 13.5. The van der Waals surface area contributed by atoms with Gasteiger partial charge in [0.15, 0.2) is 0 Å². The van der Waals surface area contributed by atoms with Crippen LogP contribution in [0.1, 0.15) is 68.8 Å². The summed E-state index contributed by atoms with van der Waals surface area (Å²) in [5.74, 6) is -1.92. The molecule has 0 fully saturated rings. The van der Waals surface area contributed by atoms with Gasteiger partial charge in [0, 0.05) is 25.4 Å². The van der Waals surface area contributed by atoms with Crippen LogP contribution in [0.4, 0.5) is 0 Å². The van der Waals surface area contributed by atoms with Crippen molar-refractivity contribution in [2.45, 2.75) is 65.5 Å². The maximum absolute atomic E-state index is 12.9. The first-order valence-corrected chi connectivity index (χ1v) is 12.6. The van der Waals surface area contributed by atoms with Crippen molar-refractivity contribution >= 4 is 23.7 Å². The zero-order valence-corrected chi connectivity index (χ0v) is 21.7. The monoisotopic (exact) mass is 511 g/mol. The normalized spacial score (nSPS) is 11.6. The third-order valence-corrected chi connectivity index (χ3v) is 5.90. The van der Waals surface area contributed by atoms with E-state index >= 15 is 0 Å². The highest BCUT2D eigenvalue weighted by atomic mass is 16.5. The minimum atomic E-state index is -1.01. The topological polar surface area (TPSA) is 136 Å². The van der Waals surface area contributed by atoms with Crippen molar-refractivity contribution in [3.05, 3.63) is 59.7 Å². The van der Waals surface area contributed by atoms with Gasteiger partial charge in [-0.25, -0.2) is 10.3 Å². The predicted octanol–water partition coefficient (Wildman–Crippen LogP) is 4.00. The Kier molecular flexibility index (Phi) is 11.8. The summed E-state index contributed by atoms with van der Waals surface area (Å²) in [5, 5.41) is 21.2. The molecule has 0 radical (unpaired) electrons. The van der Waals surface area contributed by atoms with Crippen molar-refractivity contribution in [2.75, 3.05) is 6.54 Å². The van der Waals surface area contributed by atoms with Gasteiger partial charge in [-0.05, 0) is 41.5 Å². The third kappa shape index (κ3) is 9.69. The number of hydroxylamine groups is 1. The van der Waals surface area contributed by atoms with E-state index < -0.39 is 17.9 Å². The molecular weight excluding hydrogens is 474 g/mol. The van der Waals surface area contributed by atoms with Gasteiger partial charge in [0.2, 0.25) is 17.7 Å². The van der Waals surface area contributed by atoms with Crippen molar-refractivity contribution in [1.29, 1.82) is 0 Å². The van der Waals surface area contributed by atoms with Crippen LogP contribution >= 0.6 is 0 Å². The van der Waals surface area contributed by atoms with E-state index in [-0.39, 0.29) is 42.8 Å². The zero-order chi connectivity index (χ0) is 27.4. The van der Waals surface area contributed by atoms with Crippen LogP contribution in [-0.2, 0) is 20.9 Å². The molecule has 0 aromatic heterocycles. The summed E-state index contributed by atoms with van der Waals surface area (Å²) in [6.07, 6.45) is 2.34. The van der Waals surface area contributed by atoms with Crippen LogP contribution in [0, 0.1) is 5.92 Å². The predicted molar refractivity (Wildman–Crippen MR) is 140 cm³/mol. The van der Waals surface area contributed by atoms with Gasteiger partial charge in [-0.3, -0.25) is 19.6 Å². The number of aromatic carboxylic acids is 1. The minimum Gasteiger partial charge on any atom is -0.478 e. The van der Waals surface area contributed by atoms with Gasteiger partial charge in [0.05, 0.1) is 12.1 Å². The Morgan fingerprint density at radius 3 is 2.24 bits per heavy atom. The summed E-state index contributed by atoms with van der Waals surface area (Å²) in [5.41, 5.74) is 3.93. The third-order valence-electron chi connectivity index (χ3n) is 5.90. The zero-order valence-electron chi connectivity index (χ0n) is 21.7. The van der Waals surface area contributed by atoms with Gasteiger partial charge in [0.25, 0.3) is 0 Å². The number of nitrogens with one attached hydrogen (secondary N) is 2. The van der Waals surface area contributed by atoms with E-state index in [1.165, 1.54) is 4.90 Å². The van der Waals surface area contributed by atoms with Crippen LogP contribution < -0.4 is 10.8 Å². The highest BCUT2D eigenvalue weighted by Gasteiger charge is 2.22.